The molecule has 1 aliphatic rings. The van der Waals surface area contributed by atoms with Crippen molar-refractivity contribution in [3.63, 3.8) is 0 Å². The summed E-state index contributed by atoms with van der Waals surface area (Å²) in [6.07, 6.45) is 2.41. The summed E-state index contributed by atoms with van der Waals surface area (Å²) in [5, 5.41) is 8.41. The first-order valence-electron chi connectivity index (χ1n) is 10.9. The van der Waals surface area contributed by atoms with Gasteiger partial charge in [-0.1, -0.05) is 30.3 Å². The van der Waals surface area contributed by atoms with E-state index in [9.17, 15) is 4.79 Å². The summed E-state index contributed by atoms with van der Waals surface area (Å²) < 4.78 is 0. The zero-order valence-corrected chi connectivity index (χ0v) is 18.0. The maximum atomic E-state index is 12.7. The van der Waals surface area contributed by atoms with Crippen molar-refractivity contribution < 1.29 is 4.79 Å². The summed E-state index contributed by atoms with van der Waals surface area (Å²) in [4.78, 5) is 24.2. The van der Waals surface area contributed by atoms with Crippen LogP contribution >= 0.6 is 0 Å². The third-order valence-corrected chi connectivity index (χ3v) is 5.68. The molecule has 0 bridgehead atoms. The standard InChI is InChI=1S/C26H25N5O/c1-18-16-24(31-14-4-5-15-31)30-26(27-18)29-23-12-10-22(11-13-23)28-25(32)21-9-8-19-6-2-3-7-20(19)17-21/h2-3,6-13,16-17H,4-5,14-15H2,1H3,(H,28,32)(H,27,29,30). The van der Waals surface area contributed by atoms with Crippen LogP contribution in [-0.2, 0) is 0 Å². The topological polar surface area (TPSA) is 70.2 Å². The van der Waals surface area contributed by atoms with Gasteiger partial charge in [-0.3, -0.25) is 4.79 Å². The number of nitrogens with zero attached hydrogens (tertiary/aromatic N) is 3. The molecule has 0 radical (unpaired) electrons. The average molecular weight is 424 g/mol. The Morgan fingerprint density at radius 2 is 1.56 bits per heavy atom. The third-order valence-electron chi connectivity index (χ3n) is 5.68. The molecule has 2 heterocycles. The lowest BCUT2D eigenvalue weighted by Gasteiger charge is -2.17. The number of aromatic nitrogens is 2. The van der Waals surface area contributed by atoms with Gasteiger partial charge in [-0.15, -0.1) is 0 Å². The second-order valence-corrected chi connectivity index (χ2v) is 8.10. The van der Waals surface area contributed by atoms with Crippen LogP contribution in [0.2, 0.25) is 0 Å². The van der Waals surface area contributed by atoms with Gasteiger partial charge in [0.1, 0.15) is 5.82 Å². The molecule has 3 aromatic carbocycles. The second kappa shape index (κ2) is 8.67. The molecule has 0 unspecified atom stereocenters. The van der Waals surface area contributed by atoms with Crippen molar-refractivity contribution >= 4 is 39.8 Å². The van der Waals surface area contributed by atoms with E-state index in [2.05, 4.69) is 25.5 Å². The summed E-state index contributed by atoms with van der Waals surface area (Å²) in [5.74, 6) is 1.42. The highest BCUT2D eigenvalue weighted by molar-refractivity contribution is 6.06. The Kier molecular flexibility index (Phi) is 5.42. The van der Waals surface area contributed by atoms with E-state index in [-0.39, 0.29) is 5.91 Å². The van der Waals surface area contributed by atoms with Crippen molar-refractivity contribution in [1.82, 2.24) is 9.97 Å². The Hall–Kier alpha value is -3.93. The van der Waals surface area contributed by atoms with Crippen molar-refractivity contribution in [3.8, 4) is 0 Å². The zero-order valence-electron chi connectivity index (χ0n) is 18.0. The van der Waals surface area contributed by atoms with Crippen LogP contribution in [0.1, 0.15) is 28.9 Å². The SMILES string of the molecule is Cc1cc(N2CCCC2)nc(Nc2ccc(NC(=O)c3ccc4ccccc4c3)cc2)n1. The Morgan fingerprint density at radius 1 is 0.844 bits per heavy atom. The Balaban J connectivity index is 1.27. The van der Waals surface area contributed by atoms with Crippen LogP contribution < -0.4 is 15.5 Å². The van der Waals surface area contributed by atoms with Crippen molar-refractivity contribution in [1.29, 1.82) is 0 Å². The predicted octanol–water partition coefficient (Wildman–Crippen LogP) is 5.53. The first-order chi connectivity index (χ1) is 15.6. The molecular weight excluding hydrogens is 398 g/mol. The largest absolute Gasteiger partial charge is 0.356 e. The predicted molar refractivity (Wildman–Crippen MR) is 130 cm³/mol. The maximum absolute atomic E-state index is 12.7. The van der Waals surface area contributed by atoms with Gasteiger partial charge in [0.15, 0.2) is 0 Å². The van der Waals surface area contributed by atoms with E-state index in [0.717, 1.165) is 46.7 Å². The van der Waals surface area contributed by atoms with Crippen LogP contribution in [0.15, 0.2) is 72.8 Å². The minimum atomic E-state index is -0.131. The van der Waals surface area contributed by atoms with Crippen LogP contribution in [0.3, 0.4) is 0 Å². The molecule has 160 valence electrons. The van der Waals surface area contributed by atoms with Crippen LogP contribution in [0.5, 0.6) is 0 Å². The van der Waals surface area contributed by atoms with E-state index in [1.54, 1.807) is 0 Å². The maximum Gasteiger partial charge on any atom is 0.255 e. The number of nitrogens with one attached hydrogen (secondary N) is 2. The molecule has 32 heavy (non-hydrogen) atoms. The number of fused-ring (bicyclic) bond motifs is 1. The molecule has 6 heteroatoms. The first-order valence-corrected chi connectivity index (χ1v) is 10.9. The van der Waals surface area contributed by atoms with Gasteiger partial charge in [0.25, 0.3) is 5.91 Å². The van der Waals surface area contributed by atoms with Gasteiger partial charge < -0.3 is 15.5 Å². The highest BCUT2D eigenvalue weighted by atomic mass is 16.1. The minimum absolute atomic E-state index is 0.131. The molecule has 1 amide bonds. The summed E-state index contributed by atoms with van der Waals surface area (Å²) in [5.41, 5.74) is 3.17. The summed E-state index contributed by atoms with van der Waals surface area (Å²) in [7, 11) is 0. The number of hydrogen-bond acceptors (Lipinski definition) is 5. The van der Waals surface area contributed by atoms with E-state index >= 15 is 0 Å². The van der Waals surface area contributed by atoms with E-state index in [1.807, 2.05) is 79.7 Å². The molecule has 4 aromatic rings. The van der Waals surface area contributed by atoms with Crippen LogP contribution in [0.4, 0.5) is 23.1 Å². The molecule has 0 spiro atoms. The molecule has 5 rings (SSSR count). The van der Waals surface area contributed by atoms with E-state index < -0.39 is 0 Å². The normalized spacial score (nSPS) is 13.3. The fourth-order valence-electron chi connectivity index (χ4n) is 4.02. The molecule has 1 fully saturated rings. The van der Waals surface area contributed by atoms with Crippen molar-refractivity contribution in [3.05, 3.63) is 84.1 Å². The summed E-state index contributed by atoms with van der Waals surface area (Å²) >= 11 is 0. The van der Waals surface area contributed by atoms with Gasteiger partial charge in [-0.05, 0) is 66.9 Å². The lowest BCUT2D eigenvalue weighted by Crippen LogP contribution is -2.19. The lowest BCUT2D eigenvalue weighted by molar-refractivity contribution is 0.102. The number of rotatable bonds is 5. The number of amides is 1. The van der Waals surface area contributed by atoms with E-state index in [0.29, 0.717) is 11.5 Å². The summed E-state index contributed by atoms with van der Waals surface area (Å²) in [6, 6.07) is 23.3. The van der Waals surface area contributed by atoms with E-state index in [4.69, 9.17) is 0 Å². The molecule has 6 nitrogen and oxygen atoms in total. The Labute approximate surface area is 187 Å². The highest BCUT2D eigenvalue weighted by Gasteiger charge is 2.15. The molecule has 2 N–H and O–H groups in total. The van der Waals surface area contributed by atoms with Gasteiger partial charge >= 0.3 is 0 Å². The average Bonchev–Trinajstić information content (AvgIpc) is 3.35. The molecular formula is C26H25N5O. The molecule has 0 aliphatic carbocycles. The third kappa shape index (κ3) is 4.39. The van der Waals surface area contributed by atoms with Gasteiger partial charge in [0.2, 0.25) is 5.95 Å². The van der Waals surface area contributed by atoms with Gasteiger partial charge in [-0.2, -0.15) is 4.98 Å². The molecule has 1 aliphatic heterocycles. The van der Waals surface area contributed by atoms with Crippen molar-refractivity contribution in [2.45, 2.75) is 19.8 Å². The number of carbonyl (C=O) groups is 1. The number of hydrogen-bond donors (Lipinski definition) is 2. The fraction of sp³-hybridized carbons (Fsp3) is 0.192. The molecule has 1 aromatic heterocycles. The van der Waals surface area contributed by atoms with Crippen molar-refractivity contribution in [2.75, 3.05) is 28.6 Å². The van der Waals surface area contributed by atoms with Gasteiger partial charge in [0.05, 0.1) is 0 Å². The Bertz CT molecular complexity index is 1260. The first kappa shape index (κ1) is 20.0. The zero-order chi connectivity index (χ0) is 21.9. The van der Waals surface area contributed by atoms with Gasteiger partial charge in [-0.25, -0.2) is 4.98 Å². The molecule has 0 atom stereocenters. The van der Waals surface area contributed by atoms with Crippen LogP contribution in [0.25, 0.3) is 10.8 Å². The smallest absolute Gasteiger partial charge is 0.255 e. The van der Waals surface area contributed by atoms with Crippen LogP contribution in [-0.4, -0.2) is 29.0 Å². The monoisotopic (exact) mass is 423 g/mol. The molecule has 0 saturated carbocycles. The van der Waals surface area contributed by atoms with Gasteiger partial charge in [0, 0.05) is 41.8 Å². The lowest BCUT2D eigenvalue weighted by atomic mass is 10.1. The minimum Gasteiger partial charge on any atom is -0.356 e. The second-order valence-electron chi connectivity index (χ2n) is 8.10. The van der Waals surface area contributed by atoms with E-state index in [1.165, 1.54) is 12.8 Å². The van der Waals surface area contributed by atoms with Crippen LogP contribution in [0, 0.1) is 6.92 Å². The Morgan fingerprint density at radius 3 is 2.34 bits per heavy atom. The highest BCUT2D eigenvalue weighted by Crippen LogP contribution is 2.23. The fourth-order valence-corrected chi connectivity index (χ4v) is 4.02. The number of aryl methyl sites for hydroxylation is 1. The number of carbonyl (C=O) groups excluding carboxylic acids is 1. The quantitative estimate of drug-likeness (QED) is 0.441. The molecule has 1 saturated heterocycles. The summed E-state index contributed by atoms with van der Waals surface area (Å²) in [6.45, 7) is 4.07. The van der Waals surface area contributed by atoms with Crippen molar-refractivity contribution in [2.24, 2.45) is 0 Å². The number of benzene rings is 3. The number of anilines is 4.